The monoisotopic (exact) mass is 442 g/mol. The first-order chi connectivity index (χ1) is 15.3. The number of hydrogen-bond acceptors (Lipinski definition) is 5. The van der Waals surface area contributed by atoms with Gasteiger partial charge in [0, 0.05) is 37.2 Å². The van der Waals surface area contributed by atoms with Crippen LogP contribution < -0.4 is 20.7 Å². The average molecular weight is 443 g/mol. The highest BCUT2D eigenvalue weighted by molar-refractivity contribution is 6.02. The Morgan fingerprint density at radius 2 is 1.91 bits per heavy atom. The van der Waals surface area contributed by atoms with Gasteiger partial charge in [-0.1, -0.05) is 0 Å². The molecule has 1 aromatic rings. The lowest BCUT2D eigenvalue weighted by Crippen LogP contribution is -2.65. The van der Waals surface area contributed by atoms with Crippen LogP contribution in [0.4, 0.5) is 10.5 Å². The third-order valence-corrected chi connectivity index (χ3v) is 7.12. The molecule has 172 valence electrons. The highest BCUT2D eigenvalue weighted by Gasteiger charge is 2.43. The van der Waals surface area contributed by atoms with Gasteiger partial charge in [-0.15, -0.1) is 0 Å². The number of fused-ring (bicyclic) bond motifs is 2. The summed E-state index contributed by atoms with van der Waals surface area (Å²) in [6.07, 6.45) is 3.49. The minimum absolute atomic E-state index is 0.0569. The first kappa shape index (κ1) is 21.1. The van der Waals surface area contributed by atoms with Gasteiger partial charge >= 0.3 is 6.03 Å². The van der Waals surface area contributed by atoms with Gasteiger partial charge in [-0.3, -0.25) is 9.59 Å². The van der Waals surface area contributed by atoms with E-state index in [0.29, 0.717) is 42.6 Å². The lowest BCUT2D eigenvalue weighted by Gasteiger charge is -2.46. The third kappa shape index (κ3) is 3.79. The predicted octanol–water partition coefficient (Wildman–Crippen LogP) is 2.08. The van der Waals surface area contributed by atoms with Gasteiger partial charge in [0.05, 0.1) is 5.69 Å². The normalized spacial score (nSPS) is 29.6. The smallest absolute Gasteiger partial charge is 0.317 e. The number of hydrogen-bond donors (Lipinski definition) is 3. The fourth-order valence-corrected chi connectivity index (χ4v) is 5.31. The van der Waals surface area contributed by atoms with E-state index < -0.39 is 5.60 Å². The number of nitrogens with one attached hydrogen (secondary N) is 3. The van der Waals surface area contributed by atoms with Gasteiger partial charge in [0.15, 0.2) is 5.60 Å². The first-order valence-corrected chi connectivity index (χ1v) is 11.4. The SMILES string of the molecule is CC1(C)Oc2ccc(C(=O)N3CCC([C@@H]4NC(=O)N[C@H]5OCCC[C@H]54)CC3)cc2NC1=O. The van der Waals surface area contributed by atoms with Gasteiger partial charge in [0.1, 0.15) is 12.0 Å². The molecular formula is C23H30N4O5. The molecule has 3 atom stereocenters. The van der Waals surface area contributed by atoms with Crippen molar-refractivity contribution < 1.29 is 23.9 Å². The molecule has 3 fully saturated rings. The second-order valence-electron chi connectivity index (χ2n) is 9.65. The number of ether oxygens (including phenoxy) is 2. The summed E-state index contributed by atoms with van der Waals surface area (Å²) in [5.41, 5.74) is 0.116. The fourth-order valence-electron chi connectivity index (χ4n) is 5.31. The summed E-state index contributed by atoms with van der Waals surface area (Å²) in [5, 5.41) is 8.85. The van der Waals surface area contributed by atoms with Crippen molar-refractivity contribution in [3.63, 3.8) is 0 Å². The second-order valence-corrected chi connectivity index (χ2v) is 9.65. The lowest BCUT2D eigenvalue weighted by molar-refractivity contribution is -0.129. The van der Waals surface area contributed by atoms with E-state index in [1.807, 2.05) is 4.90 Å². The maximum absolute atomic E-state index is 13.1. The molecule has 0 unspecified atom stereocenters. The van der Waals surface area contributed by atoms with Crippen molar-refractivity contribution in [2.75, 3.05) is 25.0 Å². The number of rotatable bonds is 2. The van der Waals surface area contributed by atoms with Crippen LogP contribution in [-0.2, 0) is 9.53 Å². The van der Waals surface area contributed by atoms with Crippen molar-refractivity contribution in [2.45, 2.75) is 57.4 Å². The Morgan fingerprint density at radius 1 is 1.12 bits per heavy atom. The Kier molecular flexibility index (Phi) is 5.23. The average Bonchev–Trinajstić information content (AvgIpc) is 2.78. The molecule has 0 aromatic heterocycles. The highest BCUT2D eigenvalue weighted by Crippen LogP contribution is 2.36. The molecule has 0 aliphatic carbocycles. The Bertz CT molecular complexity index is 940. The molecule has 5 rings (SSSR count). The first-order valence-electron chi connectivity index (χ1n) is 11.4. The summed E-state index contributed by atoms with van der Waals surface area (Å²) in [4.78, 5) is 39.3. The third-order valence-electron chi connectivity index (χ3n) is 7.12. The van der Waals surface area contributed by atoms with Gasteiger partial charge in [0.25, 0.3) is 11.8 Å². The predicted molar refractivity (Wildman–Crippen MR) is 116 cm³/mol. The Balaban J connectivity index is 1.24. The summed E-state index contributed by atoms with van der Waals surface area (Å²) >= 11 is 0. The molecule has 4 amide bonds. The van der Waals surface area contributed by atoms with E-state index in [4.69, 9.17) is 9.47 Å². The number of amides is 4. The van der Waals surface area contributed by atoms with Crippen LogP contribution in [0.25, 0.3) is 0 Å². The molecule has 4 aliphatic rings. The molecule has 9 heteroatoms. The van der Waals surface area contributed by atoms with E-state index in [1.165, 1.54) is 0 Å². The molecule has 3 N–H and O–H groups in total. The van der Waals surface area contributed by atoms with Crippen molar-refractivity contribution in [1.29, 1.82) is 0 Å². The summed E-state index contributed by atoms with van der Waals surface area (Å²) in [5.74, 6) is 0.860. The quantitative estimate of drug-likeness (QED) is 0.650. The molecule has 32 heavy (non-hydrogen) atoms. The summed E-state index contributed by atoms with van der Waals surface area (Å²) < 4.78 is 11.5. The Hall–Kier alpha value is -2.81. The molecule has 1 aromatic carbocycles. The number of nitrogens with zero attached hydrogens (tertiary/aromatic N) is 1. The van der Waals surface area contributed by atoms with E-state index in [1.54, 1.807) is 32.0 Å². The van der Waals surface area contributed by atoms with Crippen LogP contribution in [0.15, 0.2) is 18.2 Å². The molecule has 3 saturated heterocycles. The number of piperidine rings is 1. The number of carbonyl (C=O) groups is 3. The molecular weight excluding hydrogens is 412 g/mol. The molecule has 0 spiro atoms. The van der Waals surface area contributed by atoms with Crippen molar-refractivity contribution in [3.05, 3.63) is 23.8 Å². The van der Waals surface area contributed by atoms with Crippen molar-refractivity contribution >= 4 is 23.5 Å². The molecule has 4 aliphatic heterocycles. The number of likely N-dealkylation sites (tertiary alicyclic amines) is 1. The standard InChI is InChI=1S/C23H30N4O5/c1-23(2)21(29)24-16-12-14(5-6-17(16)32-23)20(28)27-9-7-13(8-10-27)18-15-4-3-11-31-19(15)26-22(30)25-18/h5-6,12-13,15,18-19H,3-4,7-11H2,1-2H3,(H,24,29)(H2,25,26,30)/t15-,18-,19-/m0/s1. The molecule has 0 bridgehead atoms. The van der Waals surface area contributed by atoms with Gasteiger partial charge < -0.3 is 30.3 Å². The summed E-state index contributed by atoms with van der Waals surface area (Å²) in [7, 11) is 0. The fraction of sp³-hybridized carbons (Fsp3) is 0.609. The largest absolute Gasteiger partial charge is 0.476 e. The minimum Gasteiger partial charge on any atom is -0.476 e. The number of benzene rings is 1. The topological polar surface area (TPSA) is 109 Å². The van der Waals surface area contributed by atoms with E-state index in [2.05, 4.69) is 16.0 Å². The van der Waals surface area contributed by atoms with Gasteiger partial charge in [-0.2, -0.15) is 0 Å². The van der Waals surface area contributed by atoms with Gasteiger partial charge in [-0.05, 0) is 63.6 Å². The van der Waals surface area contributed by atoms with E-state index in [-0.39, 0.29) is 36.0 Å². The van der Waals surface area contributed by atoms with E-state index in [0.717, 1.165) is 25.7 Å². The zero-order chi connectivity index (χ0) is 22.5. The Morgan fingerprint density at radius 3 is 2.69 bits per heavy atom. The minimum atomic E-state index is -0.938. The molecule has 9 nitrogen and oxygen atoms in total. The van der Waals surface area contributed by atoms with Crippen LogP contribution in [0.3, 0.4) is 0 Å². The zero-order valence-electron chi connectivity index (χ0n) is 18.5. The van der Waals surface area contributed by atoms with Crippen LogP contribution in [0.5, 0.6) is 5.75 Å². The zero-order valence-corrected chi connectivity index (χ0v) is 18.5. The van der Waals surface area contributed by atoms with E-state index in [9.17, 15) is 14.4 Å². The summed E-state index contributed by atoms with van der Waals surface area (Å²) in [6.45, 7) is 5.37. The lowest BCUT2D eigenvalue weighted by atomic mass is 9.77. The van der Waals surface area contributed by atoms with Gasteiger partial charge in [-0.25, -0.2) is 4.79 Å². The second kappa shape index (κ2) is 7.95. The number of anilines is 1. The molecule has 0 radical (unpaired) electrons. The highest BCUT2D eigenvalue weighted by atomic mass is 16.5. The maximum Gasteiger partial charge on any atom is 0.317 e. The molecule has 0 saturated carbocycles. The van der Waals surface area contributed by atoms with Crippen molar-refractivity contribution in [1.82, 2.24) is 15.5 Å². The molecule has 4 heterocycles. The maximum atomic E-state index is 13.1. The van der Waals surface area contributed by atoms with Crippen LogP contribution in [0, 0.1) is 11.8 Å². The number of urea groups is 1. The van der Waals surface area contributed by atoms with Crippen LogP contribution in [0.2, 0.25) is 0 Å². The van der Waals surface area contributed by atoms with E-state index >= 15 is 0 Å². The van der Waals surface area contributed by atoms with Crippen LogP contribution >= 0.6 is 0 Å². The van der Waals surface area contributed by atoms with Crippen LogP contribution in [0.1, 0.15) is 49.9 Å². The Labute approximate surface area is 187 Å². The number of carbonyl (C=O) groups excluding carboxylic acids is 3. The van der Waals surface area contributed by atoms with Gasteiger partial charge in [0.2, 0.25) is 0 Å². The van der Waals surface area contributed by atoms with Crippen molar-refractivity contribution in [2.24, 2.45) is 11.8 Å². The van der Waals surface area contributed by atoms with Crippen LogP contribution in [-0.4, -0.2) is 60.3 Å². The summed E-state index contributed by atoms with van der Waals surface area (Å²) in [6, 6.07) is 5.08. The van der Waals surface area contributed by atoms with Crippen molar-refractivity contribution in [3.8, 4) is 5.75 Å².